The van der Waals surface area contributed by atoms with E-state index in [0.29, 0.717) is 17.8 Å². The zero-order valence-electron chi connectivity index (χ0n) is 14.6. The molecule has 0 radical (unpaired) electrons. The molecule has 0 saturated carbocycles. The molecule has 1 atom stereocenters. The molecule has 130 valence electrons. The van der Waals surface area contributed by atoms with Gasteiger partial charge < -0.3 is 15.2 Å². The number of nitrogen functional groups attached to an aromatic ring is 1. The van der Waals surface area contributed by atoms with Crippen LogP contribution in [-0.4, -0.2) is 28.0 Å². The number of aromatic nitrogens is 1. The van der Waals surface area contributed by atoms with Gasteiger partial charge in [-0.15, -0.1) is 0 Å². The van der Waals surface area contributed by atoms with Crippen molar-refractivity contribution in [3.63, 3.8) is 0 Å². The first kappa shape index (κ1) is 17.1. The standard InChI is InChI=1S/C20H24N4O/c1-15-7-5-6-10-23(15)20(25)14-24-17(13-21)12-18(22)19(24)11-16-8-3-2-4-9-16/h2-4,8-9,12,15H,5-7,10-11,14,22H2,1H3. The number of nitrogens with zero attached hydrogens (tertiary/aromatic N) is 3. The molecule has 2 aromatic rings. The van der Waals surface area contributed by atoms with Gasteiger partial charge in [-0.2, -0.15) is 5.26 Å². The third kappa shape index (κ3) is 3.69. The second kappa shape index (κ2) is 7.43. The van der Waals surface area contributed by atoms with E-state index >= 15 is 0 Å². The molecule has 1 saturated heterocycles. The Balaban J connectivity index is 1.87. The van der Waals surface area contributed by atoms with Crippen LogP contribution in [0.3, 0.4) is 0 Å². The number of nitrogens with two attached hydrogens (primary N) is 1. The lowest BCUT2D eigenvalue weighted by Gasteiger charge is -2.33. The summed E-state index contributed by atoms with van der Waals surface area (Å²) in [5.41, 5.74) is 9.11. The van der Waals surface area contributed by atoms with Gasteiger partial charge in [0.2, 0.25) is 5.91 Å². The number of piperidine rings is 1. The number of benzene rings is 1. The summed E-state index contributed by atoms with van der Waals surface area (Å²) in [4.78, 5) is 14.8. The Morgan fingerprint density at radius 1 is 1.32 bits per heavy atom. The molecule has 1 aromatic carbocycles. The van der Waals surface area contributed by atoms with Gasteiger partial charge in [0.15, 0.2) is 0 Å². The maximum Gasteiger partial charge on any atom is 0.242 e. The number of amides is 1. The van der Waals surface area contributed by atoms with Crippen LogP contribution in [0.1, 0.15) is 43.1 Å². The fourth-order valence-corrected chi connectivity index (χ4v) is 3.56. The van der Waals surface area contributed by atoms with E-state index in [1.54, 1.807) is 10.6 Å². The van der Waals surface area contributed by atoms with E-state index < -0.39 is 0 Å². The lowest BCUT2D eigenvalue weighted by atomic mass is 10.0. The van der Waals surface area contributed by atoms with E-state index in [4.69, 9.17) is 5.73 Å². The fourth-order valence-electron chi connectivity index (χ4n) is 3.56. The van der Waals surface area contributed by atoms with Gasteiger partial charge in [-0.1, -0.05) is 30.3 Å². The van der Waals surface area contributed by atoms with E-state index in [1.165, 1.54) is 6.42 Å². The number of hydrogen-bond donors (Lipinski definition) is 1. The molecule has 25 heavy (non-hydrogen) atoms. The highest BCUT2D eigenvalue weighted by Gasteiger charge is 2.25. The number of nitriles is 1. The first-order chi connectivity index (χ1) is 12.1. The molecule has 5 nitrogen and oxygen atoms in total. The van der Waals surface area contributed by atoms with Crippen LogP contribution in [0, 0.1) is 11.3 Å². The highest BCUT2D eigenvalue weighted by molar-refractivity contribution is 5.77. The van der Waals surface area contributed by atoms with Crippen molar-refractivity contribution in [1.29, 1.82) is 5.26 Å². The third-order valence-electron chi connectivity index (χ3n) is 4.99. The van der Waals surface area contributed by atoms with Gasteiger partial charge in [0.25, 0.3) is 0 Å². The molecule has 1 aliphatic rings. The lowest BCUT2D eigenvalue weighted by Crippen LogP contribution is -2.43. The summed E-state index contributed by atoms with van der Waals surface area (Å²) in [5, 5.41) is 9.45. The monoisotopic (exact) mass is 336 g/mol. The summed E-state index contributed by atoms with van der Waals surface area (Å²) >= 11 is 0. The van der Waals surface area contributed by atoms with Crippen LogP contribution in [0.5, 0.6) is 0 Å². The number of hydrogen-bond acceptors (Lipinski definition) is 3. The summed E-state index contributed by atoms with van der Waals surface area (Å²) in [6.45, 7) is 3.07. The Bertz CT molecular complexity index is 788. The first-order valence-electron chi connectivity index (χ1n) is 8.81. The first-order valence-corrected chi connectivity index (χ1v) is 8.81. The predicted octanol–water partition coefficient (Wildman–Crippen LogP) is 2.93. The predicted molar refractivity (Wildman–Crippen MR) is 97.8 cm³/mol. The van der Waals surface area contributed by atoms with Crippen molar-refractivity contribution >= 4 is 11.6 Å². The van der Waals surface area contributed by atoms with Crippen molar-refractivity contribution in [2.75, 3.05) is 12.3 Å². The summed E-state index contributed by atoms with van der Waals surface area (Å²) in [6, 6.07) is 14.1. The molecular weight excluding hydrogens is 312 g/mol. The molecule has 0 spiro atoms. The molecule has 2 heterocycles. The van der Waals surface area contributed by atoms with Crippen LogP contribution in [0.4, 0.5) is 5.69 Å². The maximum atomic E-state index is 12.8. The summed E-state index contributed by atoms with van der Waals surface area (Å²) < 4.78 is 1.78. The Hall–Kier alpha value is -2.74. The topological polar surface area (TPSA) is 75.0 Å². The molecule has 1 fully saturated rings. The van der Waals surface area contributed by atoms with Crippen molar-refractivity contribution in [1.82, 2.24) is 9.47 Å². The average molecular weight is 336 g/mol. The molecule has 1 aromatic heterocycles. The van der Waals surface area contributed by atoms with Crippen LogP contribution >= 0.6 is 0 Å². The Morgan fingerprint density at radius 2 is 2.08 bits per heavy atom. The smallest absolute Gasteiger partial charge is 0.242 e. The van der Waals surface area contributed by atoms with Gasteiger partial charge in [0.05, 0.1) is 5.69 Å². The molecule has 1 amide bonds. The van der Waals surface area contributed by atoms with Crippen molar-refractivity contribution < 1.29 is 4.79 Å². The van der Waals surface area contributed by atoms with Crippen molar-refractivity contribution in [2.24, 2.45) is 0 Å². The van der Waals surface area contributed by atoms with E-state index in [0.717, 1.165) is 30.6 Å². The maximum absolute atomic E-state index is 12.8. The van der Waals surface area contributed by atoms with Gasteiger partial charge in [0.1, 0.15) is 18.3 Å². The SMILES string of the molecule is CC1CCCCN1C(=O)Cn1c(C#N)cc(N)c1Cc1ccccc1. The highest BCUT2D eigenvalue weighted by Crippen LogP contribution is 2.23. The van der Waals surface area contributed by atoms with Crippen LogP contribution < -0.4 is 5.73 Å². The van der Waals surface area contributed by atoms with Crippen LogP contribution in [0.2, 0.25) is 0 Å². The van der Waals surface area contributed by atoms with E-state index in [-0.39, 0.29) is 18.5 Å². The van der Waals surface area contributed by atoms with Crippen molar-refractivity contribution in [3.8, 4) is 6.07 Å². The second-order valence-electron chi connectivity index (χ2n) is 6.72. The van der Waals surface area contributed by atoms with Crippen LogP contribution in [0.15, 0.2) is 36.4 Å². The van der Waals surface area contributed by atoms with E-state index in [2.05, 4.69) is 13.0 Å². The number of anilines is 1. The Labute approximate surface area is 148 Å². The van der Waals surface area contributed by atoms with E-state index in [9.17, 15) is 10.1 Å². The summed E-state index contributed by atoms with van der Waals surface area (Å²) in [5.74, 6) is 0.0635. The normalized spacial score (nSPS) is 17.3. The Morgan fingerprint density at radius 3 is 2.76 bits per heavy atom. The molecule has 0 aliphatic carbocycles. The number of carbonyl (C=O) groups is 1. The number of carbonyl (C=O) groups excluding carboxylic acids is 1. The van der Waals surface area contributed by atoms with Gasteiger partial charge in [-0.3, -0.25) is 4.79 Å². The molecule has 1 unspecified atom stereocenters. The van der Waals surface area contributed by atoms with Crippen molar-refractivity contribution in [3.05, 3.63) is 53.3 Å². The van der Waals surface area contributed by atoms with Gasteiger partial charge >= 0.3 is 0 Å². The lowest BCUT2D eigenvalue weighted by molar-refractivity contribution is -0.135. The molecular formula is C20H24N4O. The summed E-state index contributed by atoms with van der Waals surface area (Å²) in [7, 11) is 0. The largest absolute Gasteiger partial charge is 0.397 e. The van der Waals surface area contributed by atoms with Crippen molar-refractivity contribution in [2.45, 2.75) is 45.2 Å². The molecule has 5 heteroatoms. The summed E-state index contributed by atoms with van der Waals surface area (Å²) in [6.07, 6.45) is 3.87. The number of likely N-dealkylation sites (tertiary alicyclic amines) is 1. The highest BCUT2D eigenvalue weighted by atomic mass is 16.2. The van der Waals surface area contributed by atoms with Crippen LogP contribution in [-0.2, 0) is 17.8 Å². The molecule has 3 rings (SSSR count). The Kier molecular flexibility index (Phi) is 5.08. The zero-order valence-corrected chi connectivity index (χ0v) is 14.6. The average Bonchev–Trinajstić information content (AvgIpc) is 2.91. The fraction of sp³-hybridized carbons (Fsp3) is 0.400. The van der Waals surface area contributed by atoms with Gasteiger partial charge in [-0.25, -0.2) is 0 Å². The van der Waals surface area contributed by atoms with E-state index in [1.807, 2.05) is 35.2 Å². The third-order valence-corrected chi connectivity index (χ3v) is 4.99. The molecule has 1 aliphatic heterocycles. The van der Waals surface area contributed by atoms with Gasteiger partial charge in [0, 0.05) is 24.7 Å². The zero-order chi connectivity index (χ0) is 17.8. The second-order valence-corrected chi connectivity index (χ2v) is 6.72. The van der Waals surface area contributed by atoms with Gasteiger partial charge in [-0.05, 0) is 37.8 Å². The molecule has 2 N–H and O–H groups in total. The molecule has 0 bridgehead atoms. The quantitative estimate of drug-likeness (QED) is 0.933. The minimum atomic E-state index is 0.0635. The minimum Gasteiger partial charge on any atom is -0.397 e. The minimum absolute atomic E-state index is 0.0635. The number of rotatable bonds is 4. The van der Waals surface area contributed by atoms with Crippen LogP contribution in [0.25, 0.3) is 0 Å².